The molecule has 2 rings (SSSR count). The fourth-order valence-electron chi connectivity index (χ4n) is 1.45. The topological polar surface area (TPSA) is 9.23 Å². The van der Waals surface area contributed by atoms with Gasteiger partial charge in [0.05, 0.1) is 9.49 Å². The maximum absolute atomic E-state index is 5.56. The standard InChI is InChI=1S/C11H11IOS/c1-3-13-9-5-8-6-11(12)14-10(8)4-7(9)2/h4-6H,3H2,1-2H3. The SMILES string of the molecule is CCOc1cc2cc(I)sc2cc1C. The minimum atomic E-state index is 0.730. The van der Waals surface area contributed by atoms with E-state index in [1.807, 2.05) is 18.3 Å². The largest absolute Gasteiger partial charge is 0.494 e. The molecular weight excluding hydrogens is 307 g/mol. The maximum atomic E-state index is 5.56. The lowest BCUT2D eigenvalue weighted by molar-refractivity contribution is 0.338. The summed E-state index contributed by atoms with van der Waals surface area (Å²) in [5, 5.41) is 1.29. The Kier molecular flexibility index (Phi) is 2.97. The van der Waals surface area contributed by atoms with E-state index in [9.17, 15) is 0 Å². The van der Waals surface area contributed by atoms with Crippen LogP contribution in [0.25, 0.3) is 10.1 Å². The molecular formula is C11H11IOS. The van der Waals surface area contributed by atoms with E-state index in [0.717, 1.165) is 12.4 Å². The van der Waals surface area contributed by atoms with Crippen molar-refractivity contribution in [3.8, 4) is 5.75 Å². The molecule has 14 heavy (non-hydrogen) atoms. The summed E-state index contributed by atoms with van der Waals surface area (Å²) in [5.74, 6) is 1.01. The van der Waals surface area contributed by atoms with Gasteiger partial charge in [-0.1, -0.05) is 0 Å². The van der Waals surface area contributed by atoms with E-state index in [4.69, 9.17) is 4.74 Å². The van der Waals surface area contributed by atoms with E-state index < -0.39 is 0 Å². The summed E-state index contributed by atoms with van der Waals surface area (Å²) in [6.45, 7) is 4.84. The Bertz CT molecular complexity index is 462. The van der Waals surface area contributed by atoms with Crippen molar-refractivity contribution < 1.29 is 4.74 Å². The smallest absolute Gasteiger partial charge is 0.122 e. The number of halogens is 1. The molecule has 0 spiro atoms. The number of fused-ring (bicyclic) bond motifs is 1. The molecule has 0 amide bonds. The summed E-state index contributed by atoms with van der Waals surface area (Å²) in [6.07, 6.45) is 0. The molecule has 0 aliphatic heterocycles. The van der Waals surface area contributed by atoms with E-state index in [1.165, 1.54) is 18.5 Å². The Labute approximate surface area is 101 Å². The third-order valence-electron chi connectivity index (χ3n) is 2.08. The Morgan fingerprint density at radius 3 is 2.86 bits per heavy atom. The minimum absolute atomic E-state index is 0.730. The highest BCUT2D eigenvalue weighted by atomic mass is 127. The quantitative estimate of drug-likeness (QED) is 0.754. The molecule has 0 bridgehead atoms. The summed E-state index contributed by atoms with van der Waals surface area (Å²) in [4.78, 5) is 0. The summed E-state index contributed by atoms with van der Waals surface area (Å²) < 4.78 is 8.22. The summed E-state index contributed by atoms with van der Waals surface area (Å²) in [6, 6.07) is 6.53. The van der Waals surface area contributed by atoms with Gasteiger partial charge in [-0.15, -0.1) is 11.3 Å². The predicted molar refractivity (Wildman–Crippen MR) is 70.4 cm³/mol. The lowest BCUT2D eigenvalue weighted by Crippen LogP contribution is -1.93. The first kappa shape index (κ1) is 10.2. The van der Waals surface area contributed by atoms with Gasteiger partial charge in [0, 0.05) is 4.70 Å². The number of ether oxygens (including phenoxy) is 1. The Morgan fingerprint density at radius 1 is 1.36 bits per heavy atom. The molecule has 0 fully saturated rings. The fraction of sp³-hybridized carbons (Fsp3) is 0.273. The van der Waals surface area contributed by atoms with Crippen LogP contribution in [-0.4, -0.2) is 6.61 Å². The van der Waals surface area contributed by atoms with Crippen molar-refractivity contribution in [3.05, 3.63) is 26.6 Å². The van der Waals surface area contributed by atoms with E-state index in [1.54, 1.807) is 0 Å². The van der Waals surface area contributed by atoms with Crippen LogP contribution >= 0.6 is 33.9 Å². The van der Waals surface area contributed by atoms with Crippen LogP contribution in [0.5, 0.6) is 5.75 Å². The molecule has 2 aromatic rings. The molecule has 0 saturated carbocycles. The molecule has 0 atom stereocenters. The molecule has 1 aromatic carbocycles. The van der Waals surface area contributed by atoms with Gasteiger partial charge >= 0.3 is 0 Å². The van der Waals surface area contributed by atoms with Crippen LogP contribution in [0.3, 0.4) is 0 Å². The van der Waals surface area contributed by atoms with Crippen LogP contribution in [0, 0.1) is 9.81 Å². The first-order valence-corrected chi connectivity index (χ1v) is 6.42. The van der Waals surface area contributed by atoms with Gasteiger partial charge in [0.15, 0.2) is 0 Å². The van der Waals surface area contributed by atoms with Crippen LogP contribution in [-0.2, 0) is 0 Å². The van der Waals surface area contributed by atoms with Gasteiger partial charge < -0.3 is 4.74 Å². The van der Waals surface area contributed by atoms with Gasteiger partial charge in [-0.2, -0.15) is 0 Å². The average molecular weight is 318 g/mol. The molecule has 0 saturated heterocycles. The molecule has 0 unspecified atom stereocenters. The highest BCUT2D eigenvalue weighted by molar-refractivity contribution is 14.1. The van der Waals surface area contributed by atoms with Crippen molar-refractivity contribution >= 4 is 44.0 Å². The van der Waals surface area contributed by atoms with Crippen molar-refractivity contribution in [2.45, 2.75) is 13.8 Å². The number of hydrogen-bond donors (Lipinski definition) is 0. The molecule has 0 aliphatic carbocycles. The zero-order valence-corrected chi connectivity index (χ0v) is 11.1. The van der Waals surface area contributed by atoms with Crippen LogP contribution < -0.4 is 4.74 Å². The monoisotopic (exact) mass is 318 g/mol. The molecule has 74 valence electrons. The minimum Gasteiger partial charge on any atom is -0.494 e. The molecule has 0 N–H and O–H groups in total. The first-order chi connectivity index (χ1) is 6.70. The normalized spacial score (nSPS) is 10.8. The second-order valence-electron chi connectivity index (χ2n) is 3.14. The maximum Gasteiger partial charge on any atom is 0.122 e. The first-order valence-electron chi connectivity index (χ1n) is 4.53. The summed E-state index contributed by atoms with van der Waals surface area (Å²) in [5.41, 5.74) is 1.22. The van der Waals surface area contributed by atoms with Crippen molar-refractivity contribution in [2.75, 3.05) is 6.61 Å². The second kappa shape index (κ2) is 4.06. The lowest BCUT2D eigenvalue weighted by Gasteiger charge is -2.06. The molecule has 3 heteroatoms. The third-order valence-corrected chi connectivity index (χ3v) is 3.94. The predicted octanol–water partition coefficient (Wildman–Crippen LogP) is 4.21. The van der Waals surface area contributed by atoms with Crippen molar-refractivity contribution in [2.24, 2.45) is 0 Å². The second-order valence-corrected chi connectivity index (χ2v) is 6.12. The number of rotatable bonds is 2. The Hall–Kier alpha value is -0.290. The van der Waals surface area contributed by atoms with Crippen LogP contribution in [0.2, 0.25) is 0 Å². The van der Waals surface area contributed by atoms with Crippen LogP contribution in [0.1, 0.15) is 12.5 Å². The van der Waals surface area contributed by atoms with Gasteiger partial charge in [0.2, 0.25) is 0 Å². The molecule has 0 radical (unpaired) electrons. The van der Waals surface area contributed by atoms with Gasteiger partial charge in [-0.05, 0) is 65.6 Å². The number of thiophene rings is 1. The third kappa shape index (κ3) is 1.88. The van der Waals surface area contributed by atoms with E-state index in [2.05, 4.69) is 47.7 Å². The highest BCUT2D eigenvalue weighted by Crippen LogP contribution is 2.32. The summed E-state index contributed by atoms with van der Waals surface area (Å²) in [7, 11) is 0. The van der Waals surface area contributed by atoms with E-state index in [-0.39, 0.29) is 0 Å². The van der Waals surface area contributed by atoms with Gasteiger partial charge in [0.25, 0.3) is 0 Å². The van der Waals surface area contributed by atoms with Crippen LogP contribution in [0.4, 0.5) is 0 Å². The van der Waals surface area contributed by atoms with Gasteiger partial charge in [0.1, 0.15) is 5.75 Å². The Morgan fingerprint density at radius 2 is 2.14 bits per heavy atom. The van der Waals surface area contributed by atoms with E-state index in [0.29, 0.717) is 0 Å². The number of hydrogen-bond acceptors (Lipinski definition) is 2. The molecule has 1 nitrogen and oxygen atoms in total. The van der Waals surface area contributed by atoms with Crippen molar-refractivity contribution in [1.82, 2.24) is 0 Å². The average Bonchev–Trinajstić information content (AvgIpc) is 2.45. The number of aryl methyl sites for hydroxylation is 1. The zero-order chi connectivity index (χ0) is 10.1. The van der Waals surface area contributed by atoms with Crippen LogP contribution in [0.15, 0.2) is 18.2 Å². The molecule has 1 aromatic heterocycles. The van der Waals surface area contributed by atoms with Crippen molar-refractivity contribution in [1.29, 1.82) is 0 Å². The zero-order valence-electron chi connectivity index (χ0n) is 8.13. The van der Waals surface area contributed by atoms with Crippen molar-refractivity contribution in [3.63, 3.8) is 0 Å². The fourth-order valence-corrected chi connectivity index (χ4v) is 3.36. The summed E-state index contributed by atoms with van der Waals surface area (Å²) >= 11 is 4.18. The molecule has 0 aliphatic rings. The lowest BCUT2D eigenvalue weighted by atomic mass is 10.2. The number of benzene rings is 1. The highest BCUT2D eigenvalue weighted by Gasteiger charge is 2.04. The van der Waals surface area contributed by atoms with Gasteiger partial charge in [-0.3, -0.25) is 0 Å². The van der Waals surface area contributed by atoms with Gasteiger partial charge in [-0.25, -0.2) is 0 Å². The molecule has 1 heterocycles. The Balaban J connectivity index is 2.58. The van der Waals surface area contributed by atoms with E-state index >= 15 is 0 Å².